The highest BCUT2D eigenvalue weighted by atomic mass is 32.2. The van der Waals surface area contributed by atoms with E-state index in [-0.39, 0.29) is 6.54 Å². The van der Waals surface area contributed by atoms with Gasteiger partial charge in [-0.15, -0.1) is 0 Å². The van der Waals surface area contributed by atoms with E-state index in [2.05, 4.69) is 28.5 Å². The van der Waals surface area contributed by atoms with E-state index in [0.29, 0.717) is 11.7 Å². The van der Waals surface area contributed by atoms with Crippen LogP contribution in [0, 0.1) is 5.41 Å². The number of carboxylic acids is 1. The molecule has 1 aromatic heterocycles. The lowest BCUT2D eigenvalue weighted by Gasteiger charge is -2.15. The van der Waals surface area contributed by atoms with Gasteiger partial charge in [0.05, 0.1) is 17.6 Å². The van der Waals surface area contributed by atoms with Crippen LogP contribution in [-0.2, 0) is 11.3 Å². The van der Waals surface area contributed by atoms with Gasteiger partial charge in [-0.1, -0.05) is 12.7 Å². The zero-order valence-corrected chi connectivity index (χ0v) is 21.4. The molecule has 0 spiro atoms. The standard InChI is InChI=1S/C22H25N3O4S2.C3H5N/c1-23-28-17-5-8-19-20(13-24(14-22(26)27)21(19)11-17)15-9-10-25(12-15)31-18-6-3-16(4-7-18)29-30-2;1-2-3-4/h3-8,11,13,15,23H,9-10,12,14H2,1-2H3,(H,26,27);2-4H,1H2. The minimum atomic E-state index is -0.860. The van der Waals surface area contributed by atoms with E-state index in [1.54, 1.807) is 23.6 Å². The molecular formula is C25H30N4O4S2. The fourth-order valence-electron chi connectivity index (χ4n) is 3.95. The smallest absolute Gasteiger partial charge is 0.323 e. The number of nitrogens with zero attached hydrogens (tertiary/aromatic N) is 2. The first kappa shape index (κ1) is 26.7. The van der Waals surface area contributed by atoms with Crippen LogP contribution in [0.4, 0.5) is 0 Å². The molecule has 0 saturated carbocycles. The van der Waals surface area contributed by atoms with Crippen molar-refractivity contribution in [2.75, 3.05) is 26.4 Å². The Labute approximate surface area is 214 Å². The molecule has 3 N–H and O–H groups in total. The first-order valence-electron chi connectivity index (χ1n) is 11.0. The highest BCUT2D eigenvalue weighted by Gasteiger charge is 2.28. The Morgan fingerprint density at radius 2 is 2.00 bits per heavy atom. The Bertz CT molecular complexity index is 1140. The molecule has 35 heavy (non-hydrogen) atoms. The summed E-state index contributed by atoms with van der Waals surface area (Å²) in [6, 6.07) is 13.9. The molecule has 10 heteroatoms. The van der Waals surface area contributed by atoms with Crippen LogP contribution >= 0.6 is 24.0 Å². The number of aromatic nitrogens is 1. The highest BCUT2D eigenvalue weighted by molar-refractivity contribution is 7.97. The van der Waals surface area contributed by atoms with Crippen molar-refractivity contribution in [1.82, 2.24) is 14.4 Å². The number of fused-ring (bicyclic) bond motifs is 1. The Balaban J connectivity index is 0.000000795. The molecule has 1 aliphatic heterocycles. The maximum atomic E-state index is 11.4. The summed E-state index contributed by atoms with van der Waals surface area (Å²) in [5.41, 5.74) is 4.74. The largest absolute Gasteiger partial charge is 0.480 e. The van der Waals surface area contributed by atoms with Gasteiger partial charge in [-0.3, -0.25) is 4.79 Å². The van der Waals surface area contributed by atoms with Crippen LogP contribution in [0.5, 0.6) is 11.5 Å². The van der Waals surface area contributed by atoms with Crippen LogP contribution in [0.1, 0.15) is 17.9 Å². The van der Waals surface area contributed by atoms with Crippen molar-refractivity contribution in [2.24, 2.45) is 0 Å². The number of allylic oxidation sites excluding steroid dienone is 1. The fraction of sp³-hybridized carbons (Fsp3) is 0.280. The van der Waals surface area contributed by atoms with Crippen LogP contribution in [0.2, 0.25) is 0 Å². The maximum Gasteiger partial charge on any atom is 0.323 e. The third-order valence-corrected chi connectivity index (χ3v) is 6.79. The average molecular weight is 515 g/mol. The number of benzene rings is 2. The zero-order chi connectivity index (χ0) is 25.2. The Morgan fingerprint density at radius 1 is 1.29 bits per heavy atom. The molecule has 8 nitrogen and oxygen atoms in total. The van der Waals surface area contributed by atoms with Crippen LogP contribution < -0.4 is 14.5 Å². The molecule has 3 aromatic rings. The lowest BCUT2D eigenvalue weighted by atomic mass is 9.98. The van der Waals surface area contributed by atoms with E-state index >= 15 is 0 Å². The van der Waals surface area contributed by atoms with Gasteiger partial charge >= 0.3 is 5.97 Å². The van der Waals surface area contributed by atoms with Crippen LogP contribution in [0.25, 0.3) is 10.9 Å². The molecule has 0 radical (unpaired) electrons. The first-order chi connectivity index (χ1) is 17.0. The SMILES string of the molecule is C=CC=N.CNOc1ccc2c(C3CCN(Sc4ccc(OSC)cc4)C3)cn(CC(=O)O)c2c1. The Morgan fingerprint density at radius 3 is 2.63 bits per heavy atom. The predicted molar refractivity (Wildman–Crippen MR) is 144 cm³/mol. The Kier molecular flexibility index (Phi) is 10.1. The van der Waals surface area contributed by atoms with Gasteiger partial charge in [-0.05, 0) is 60.3 Å². The average Bonchev–Trinajstić information content (AvgIpc) is 3.45. The maximum absolute atomic E-state index is 11.4. The second kappa shape index (κ2) is 13.2. The van der Waals surface area contributed by atoms with Crippen molar-refractivity contribution >= 4 is 47.1 Å². The van der Waals surface area contributed by atoms with E-state index in [1.807, 2.05) is 42.8 Å². The van der Waals surface area contributed by atoms with Gasteiger partial charge in [0.2, 0.25) is 0 Å². The third-order valence-electron chi connectivity index (χ3n) is 5.36. The summed E-state index contributed by atoms with van der Waals surface area (Å²) in [5, 5.41) is 16.6. The minimum absolute atomic E-state index is 0.0742. The van der Waals surface area contributed by atoms with Gasteiger partial charge in [0.25, 0.3) is 0 Å². The van der Waals surface area contributed by atoms with E-state index in [4.69, 9.17) is 14.4 Å². The van der Waals surface area contributed by atoms with Crippen LogP contribution in [0.3, 0.4) is 0 Å². The summed E-state index contributed by atoms with van der Waals surface area (Å²) in [5.74, 6) is 0.994. The van der Waals surface area contributed by atoms with Crippen molar-refractivity contribution in [3.05, 3.63) is 66.9 Å². The molecule has 2 aromatic carbocycles. The zero-order valence-electron chi connectivity index (χ0n) is 19.8. The normalized spacial score (nSPS) is 15.3. The number of carboxylic acid groups (broad SMARTS) is 1. The van der Waals surface area contributed by atoms with Crippen molar-refractivity contribution in [2.45, 2.75) is 23.8 Å². The molecular weight excluding hydrogens is 484 g/mol. The van der Waals surface area contributed by atoms with Crippen LogP contribution in [0.15, 0.2) is 66.2 Å². The lowest BCUT2D eigenvalue weighted by Crippen LogP contribution is -2.11. The molecule has 1 atom stereocenters. The molecule has 1 fully saturated rings. The summed E-state index contributed by atoms with van der Waals surface area (Å²) < 4.78 is 9.61. The summed E-state index contributed by atoms with van der Waals surface area (Å²) in [6.07, 6.45) is 7.48. The van der Waals surface area contributed by atoms with Crippen LogP contribution in [-0.4, -0.2) is 52.6 Å². The van der Waals surface area contributed by atoms with Gasteiger partial charge in [-0.25, -0.2) is 4.31 Å². The molecule has 1 unspecified atom stereocenters. The number of nitrogens with one attached hydrogen (secondary N) is 2. The monoisotopic (exact) mass is 514 g/mol. The number of carbonyl (C=O) groups is 1. The summed E-state index contributed by atoms with van der Waals surface area (Å²) >= 11 is 3.08. The van der Waals surface area contributed by atoms with Gasteiger partial charge in [0.1, 0.15) is 18.0 Å². The minimum Gasteiger partial charge on any atom is -0.480 e. The van der Waals surface area contributed by atoms with Crippen molar-refractivity contribution < 1.29 is 18.9 Å². The quantitative estimate of drug-likeness (QED) is 0.147. The lowest BCUT2D eigenvalue weighted by molar-refractivity contribution is -0.137. The predicted octanol–water partition coefficient (Wildman–Crippen LogP) is 5.21. The number of hydrogen-bond donors (Lipinski definition) is 3. The van der Waals surface area contributed by atoms with E-state index in [9.17, 15) is 9.90 Å². The summed E-state index contributed by atoms with van der Waals surface area (Å²) in [7, 11) is 1.69. The molecule has 1 saturated heterocycles. The van der Waals surface area contributed by atoms with Gasteiger partial charge < -0.3 is 24.1 Å². The summed E-state index contributed by atoms with van der Waals surface area (Å²) in [6.45, 7) is 5.05. The van der Waals surface area contributed by atoms with Crippen molar-refractivity contribution in [3.8, 4) is 11.5 Å². The van der Waals surface area contributed by atoms with Crippen molar-refractivity contribution in [1.29, 1.82) is 5.41 Å². The molecule has 1 aliphatic rings. The fourth-order valence-corrected chi connectivity index (χ4v) is 5.26. The highest BCUT2D eigenvalue weighted by Crippen LogP contribution is 2.39. The second-order valence-corrected chi connectivity index (χ2v) is 9.35. The number of hydrogen-bond acceptors (Lipinski definition) is 8. The molecule has 0 amide bonds. The third kappa shape index (κ3) is 7.28. The molecule has 4 rings (SSSR count). The molecule has 2 heterocycles. The Hall–Kier alpha value is -2.92. The topological polar surface area (TPSA) is 99.8 Å². The van der Waals surface area contributed by atoms with Gasteiger partial charge in [0.15, 0.2) is 0 Å². The second-order valence-electron chi connectivity index (χ2n) is 7.68. The number of rotatable bonds is 10. The van der Waals surface area contributed by atoms with E-state index in [1.165, 1.54) is 28.6 Å². The van der Waals surface area contributed by atoms with Gasteiger partial charge in [-0.2, -0.15) is 5.48 Å². The van der Waals surface area contributed by atoms with Gasteiger partial charge in [0, 0.05) is 61.1 Å². The molecule has 0 aliphatic carbocycles. The van der Waals surface area contributed by atoms with Crippen molar-refractivity contribution in [3.63, 3.8) is 0 Å². The number of hydroxylamine groups is 1. The molecule has 0 bridgehead atoms. The first-order valence-corrected chi connectivity index (χ1v) is 12.9. The number of aliphatic carboxylic acids is 1. The summed E-state index contributed by atoms with van der Waals surface area (Å²) in [4.78, 5) is 17.9. The van der Waals surface area contributed by atoms with E-state index in [0.717, 1.165) is 42.4 Å². The van der Waals surface area contributed by atoms with E-state index < -0.39 is 5.97 Å². The molecule has 186 valence electrons.